The lowest BCUT2D eigenvalue weighted by Crippen LogP contribution is -2.43. The van der Waals surface area contributed by atoms with E-state index in [0.29, 0.717) is 35.1 Å². The predicted molar refractivity (Wildman–Crippen MR) is 114 cm³/mol. The molecule has 30 heavy (non-hydrogen) atoms. The topological polar surface area (TPSA) is 103 Å². The highest BCUT2D eigenvalue weighted by molar-refractivity contribution is 7.90. The van der Waals surface area contributed by atoms with Crippen LogP contribution in [0.4, 0.5) is 5.00 Å². The number of nitrogens with zero attached hydrogens (tertiary/aromatic N) is 3. The van der Waals surface area contributed by atoms with Gasteiger partial charge in [-0.15, -0.1) is 15.7 Å². The van der Waals surface area contributed by atoms with Gasteiger partial charge in [0.2, 0.25) is 5.91 Å². The molecule has 1 amide bonds. The van der Waals surface area contributed by atoms with Crippen LogP contribution in [0.1, 0.15) is 40.8 Å². The summed E-state index contributed by atoms with van der Waals surface area (Å²) in [6.07, 6.45) is 4.42. The Hall–Kier alpha value is -2.70. The lowest BCUT2D eigenvalue weighted by atomic mass is 9.96. The molecule has 1 N–H and O–H groups in total. The molecule has 1 aliphatic carbocycles. The molecule has 154 valence electrons. The number of carbonyl (C=O) groups is 1. The first kappa shape index (κ1) is 19.3. The molecule has 1 aromatic heterocycles. The Morgan fingerprint density at radius 2 is 2.10 bits per heavy atom. The van der Waals surface area contributed by atoms with Crippen LogP contribution in [0.3, 0.4) is 0 Å². The van der Waals surface area contributed by atoms with Crippen molar-refractivity contribution in [3.05, 3.63) is 45.8 Å². The number of anilines is 1. The molecule has 1 fully saturated rings. The molecular formula is C21H20N4O3S2. The number of benzene rings is 1. The molecule has 2 aliphatic heterocycles. The fraction of sp³-hybridized carbons (Fsp3) is 0.381. The summed E-state index contributed by atoms with van der Waals surface area (Å²) in [5, 5.41) is 13.2. The predicted octanol–water partition coefficient (Wildman–Crippen LogP) is 2.91. The van der Waals surface area contributed by atoms with Crippen molar-refractivity contribution in [3.63, 3.8) is 0 Å². The normalized spacial score (nSPS) is 21.5. The van der Waals surface area contributed by atoms with Crippen molar-refractivity contribution >= 4 is 38.1 Å². The number of likely N-dealkylation sites (tertiary alicyclic amines) is 1. The summed E-state index contributed by atoms with van der Waals surface area (Å²) < 4.78 is 28.8. The average molecular weight is 441 g/mol. The highest BCUT2D eigenvalue weighted by Gasteiger charge is 2.35. The number of amides is 1. The van der Waals surface area contributed by atoms with E-state index in [4.69, 9.17) is 0 Å². The van der Waals surface area contributed by atoms with E-state index in [2.05, 4.69) is 15.8 Å². The van der Waals surface area contributed by atoms with Gasteiger partial charge in [-0.2, -0.15) is 13.7 Å². The van der Waals surface area contributed by atoms with Crippen LogP contribution in [0.25, 0.3) is 0 Å². The number of hydrogen-bond acceptors (Lipinski definition) is 6. The molecule has 0 bridgehead atoms. The summed E-state index contributed by atoms with van der Waals surface area (Å²) in [6, 6.07) is 9.06. The third-order valence-electron chi connectivity index (χ3n) is 5.97. The molecule has 1 saturated heterocycles. The number of fused-ring (bicyclic) bond motifs is 2. The minimum absolute atomic E-state index is 0.120. The number of amidine groups is 1. The zero-order valence-electron chi connectivity index (χ0n) is 16.2. The Morgan fingerprint density at radius 1 is 1.27 bits per heavy atom. The third-order valence-corrected chi connectivity index (χ3v) is 8.51. The van der Waals surface area contributed by atoms with Crippen molar-refractivity contribution in [3.8, 4) is 6.07 Å². The van der Waals surface area contributed by atoms with Gasteiger partial charge in [-0.05, 0) is 49.8 Å². The lowest BCUT2D eigenvalue weighted by molar-refractivity contribution is -0.121. The molecule has 3 aliphatic rings. The number of sulfonamides is 1. The van der Waals surface area contributed by atoms with Crippen molar-refractivity contribution in [2.75, 3.05) is 18.4 Å². The maximum atomic E-state index is 13.0. The van der Waals surface area contributed by atoms with Crippen molar-refractivity contribution in [2.24, 2.45) is 10.3 Å². The van der Waals surface area contributed by atoms with Gasteiger partial charge in [0.05, 0.1) is 11.5 Å². The van der Waals surface area contributed by atoms with Crippen LogP contribution in [-0.4, -0.2) is 38.2 Å². The number of piperidine rings is 1. The molecule has 2 aromatic rings. The van der Waals surface area contributed by atoms with E-state index in [1.165, 1.54) is 16.2 Å². The largest absolute Gasteiger partial charge is 0.355 e. The maximum absolute atomic E-state index is 13.0. The second-order valence-electron chi connectivity index (χ2n) is 7.83. The molecule has 1 atom stereocenters. The van der Waals surface area contributed by atoms with Gasteiger partial charge in [-0.25, -0.2) is 0 Å². The standard InChI is InChI=1S/C21H20N4O3S2/c22-11-16-14-7-3-8-17(14)29-21(16)23-20(26)13-5-4-10-25(12-13)19-15-6-1-2-9-18(15)30(27,28)24-19/h1-2,6,9,13H,3-5,7-8,10,12H2,(H,23,26)/t13-/m1/s1. The smallest absolute Gasteiger partial charge is 0.285 e. The van der Waals surface area contributed by atoms with Crippen LogP contribution < -0.4 is 5.32 Å². The van der Waals surface area contributed by atoms with Crippen molar-refractivity contribution in [1.29, 1.82) is 5.26 Å². The van der Waals surface area contributed by atoms with Crippen LogP contribution in [-0.2, 0) is 27.7 Å². The van der Waals surface area contributed by atoms with Gasteiger partial charge in [-0.3, -0.25) is 4.79 Å². The Bertz CT molecular complexity index is 1220. The molecule has 3 heterocycles. The van der Waals surface area contributed by atoms with E-state index in [1.807, 2.05) is 4.90 Å². The first-order valence-corrected chi connectivity index (χ1v) is 12.3. The molecular weight excluding hydrogens is 420 g/mol. The van der Waals surface area contributed by atoms with E-state index in [-0.39, 0.29) is 16.7 Å². The minimum Gasteiger partial charge on any atom is -0.355 e. The monoisotopic (exact) mass is 440 g/mol. The minimum atomic E-state index is -3.69. The summed E-state index contributed by atoms with van der Waals surface area (Å²) in [5.74, 6) is 0.0159. The van der Waals surface area contributed by atoms with Crippen LogP contribution >= 0.6 is 11.3 Å². The highest BCUT2D eigenvalue weighted by atomic mass is 32.2. The molecule has 5 rings (SSSR count). The van der Waals surface area contributed by atoms with Crippen LogP contribution in [0.5, 0.6) is 0 Å². The van der Waals surface area contributed by atoms with E-state index >= 15 is 0 Å². The van der Waals surface area contributed by atoms with E-state index in [0.717, 1.165) is 37.7 Å². The first-order chi connectivity index (χ1) is 14.5. The third kappa shape index (κ3) is 3.11. The fourth-order valence-corrected chi connectivity index (χ4v) is 6.99. The van der Waals surface area contributed by atoms with Gasteiger partial charge in [0.1, 0.15) is 16.0 Å². The number of hydrogen-bond donors (Lipinski definition) is 1. The SMILES string of the molecule is N#Cc1c(NC(=O)[C@@H]2CCCN(C3=NS(=O)(=O)c4ccccc43)C2)sc2c1CCC2. The molecule has 9 heteroatoms. The van der Waals surface area contributed by atoms with Gasteiger partial charge < -0.3 is 10.2 Å². The second kappa shape index (κ2) is 7.22. The van der Waals surface area contributed by atoms with Crippen molar-refractivity contribution in [2.45, 2.75) is 37.0 Å². The molecule has 7 nitrogen and oxygen atoms in total. The van der Waals surface area contributed by atoms with Crippen LogP contribution in [0.2, 0.25) is 0 Å². The molecule has 1 aromatic carbocycles. The summed E-state index contributed by atoms with van der Waals surface area (Å²) in [6.45, 7) is 1.06. The van der Waals surface area contributed by atoms with Crippen molar-refractivity contribution in [1.82, 2.24) is 4.90 Å². The number of carbonyl (C=O) groups excluding carboxylic acids is 1. The second-order valence-corrected chi connectivity index (χ2v) is 10.5. The zero-order valence-corrected chi connectivity index (χ0v) is 17.9. The molecule has 0 unspecified atom stereocenters. The van der Waals surface area contributed by atoms with Gasteiger partial charge in [0.15, 0.2) is 5.84 Å². The Kier molecular flexibility index (Phi) is 4.64. The Morgan fingerprint density at radius 3 is 2.93 bits per heavy atom. The zero-order chi connectivity index (χ0) is 20.9. The summed E-state index contributed by atoms with van der Waals surface area (Å²) in [5.41, 5.74) is 2.29. The Labute approximate surface area is 179 Å². The number of thiophene rings is 1. The summed E-state index contributed by atoms with van der Waals surface area (Å²) >= 11 is 1.51. The quantitative estimate of drug-likeness (QED) is 0.774. The van der Waals surface area contributed by atoms with Crippen LogP contribution in [0.15, 0.2) is 33.6 Å². The number of rotatable bonds is 2. The highest BCUT2D eigenvalue weighted by Crippen LogP contribution is 2.39. The van der Waals surface area contributed by atoms with E-state index < -0.39 is 10.0 Å². The Balaban J connectivity index is 1.36. The number of nitrogens with one attached hydrogen (secondary N) is 1. The maximum Gasteiger partial charge on any atom is 0.285 e. The van der Waals surface area contributed by atoms with Gasteiger partial charge in [-0.1, -0.05) is 12.1 Å². The first-order valence-electron chi connectivity index (χ1n) is 10.0. The summed E-state index contributed by atoms with van der Waals surface area (Å²) in [7, 11) is -3.69. The van der Waals surface area contributed by atoms with Gasteiger partial charge >= 0.3 is 0 Å². The van der Waals surface area contributed by atoms with Gasteiger partial charge in [0.25, 0.3) is 10.0 Å². The van der Waals surface area contributed by atoms with Gasteiger partial charge in [0, 0.05) is 23.5 Å². The number of aryl methyl sites for hydroxylation is 1. The fourth-order valence-electron chi connectivity index (χ4n) is 4.52. The molecule has 0 spiro atoms. The number of nitriles is 1. The molecule has 0 saturated carbocycles. The van der Waals surface area contributed by atoms with E-state index in [9.17, 15) is 18.5 Å². The van der Waals surface area contributed by atoms with Crippen LogP contribution in [0, 0.1) is 17.2 Å². The molecule has 0 radical (unpaired) electrons. The lowest BCUT2D eigenvalue weighted by Gasteiger charge is -2.33. The average Bonchev–Trinajstić information content (AvgIpc) is 3.40. The van der Waals surface area contributed by atoms with E-state index in [1.54, 1.807) is 24.3 Å². The van der Waals surface area contributed by atoms with Crippen molar-refractivity contribution < 1.29 is 13.2 Å². The summed E-state index contributed by atoms with van der Waals surface area (Å²) in [4.78, 5) is 16.3.